The predicted molar refractivity (Wildman–Crippen MR) is 139 cm³/mol. The lowest BCUT2D eigenvalue weighted by molar-refractivity contribution is -0.155. The monoisotopic (exact) mass is 506 g/mol. The van der Waals surface area contributed by atoms with Crippen molar-refractivity contribution >= 4 is 34.2 Å². The number of ether oxygens (including phenoxy) is 2. The number of carbonyl (C=O) groups excluding carboxylic acids is 3. The zero-order valence-electron chi connectivity index (χ0n) is 21.3. The molecule has 1 spiro atoms. The smallest absolute Gasteiger partial charge is 0.312 e. The fourth-order valence-electron chi connectivity index (χ4n) is 6.63. The maximum atomic E-state index is 14.5. The van der Waals surface area contributed by atoms with Gasteiger partial charge in [-0.05, 0) is 49.1 Å². The van der Waals surface area contributed by atoms with Gasteiger partial charge in [-0.1, -0.05) is 43.3 Å². The highest BCUT2D eigenvalue weighted by Gasteiger charge is 2.75. The average molecular weight is 507 g/mol. The highest BCUT2D eigenvalue weighted by molar-refractivity contribution is 6.05. The van der Waals surface area contributed by atoms with Crippen molar-refractivity contribution in [1.82, 2.24) is 4.90 Å². The Kier molecular flexibility index (Phi) is 6.81. The lowest BCUT2D eigenvalue weighted by Gasteiger charge is -2.39. The Morgan fingerprint density at radius 1 is 1.27 bits per heavy atom. The van der Waals surface area contributed by atoms with Crippen molar-refractivity contribution in [2.75, 3.05) is 24.7 Å². The molecule has 0 unspecified atom stereocenters. The molecule has 3 aliphatic heterocycles. The first-order valence-corrected chi connectivity index (χ1v) is 13.1. The van der Waals surface area contributed by atoms with Crippen molar-refractivity contribution in [3.63, 3.8) is 0 Å². The summed E-state index contributed by atoms with van der Waals surface area (Å²) in [6, 6.07) is 12.1. The van der Waals surface area contributed by atoms with E-state index in [2.05, 4.69) is 6.58 Å². The number of aliphatic hydroxyl groups excluding tert-OH is 1. The molecule has 37 heavy (non-hydrogen) atoms. The van der Waals surface area contributed by atoms with E-state index in [9.17, 15) is 19.5 Å². The van der Waals surface area contributed by atoms with Gasteiger partial charge in [0.1, 0.15) is 11.6 Å². The van der Waals surface area contributed by atoms with Crippen LogP contribution in [-0.4, -0.2) is 71.3 Å². The van der Waals surface area contributed by atoms with E-state index in [0.29, 0.717) is 24.9 Å². The minimum absolute atomic E-state index is 0.200. The number of esters is 1. The molecule has 5 rings (SSSR count). The van der Waals surface area contributed by atoms with Gasteiger partial charge in [-0.2, -0.15) is 0 Å². The molecule has 0 aromatic heterocycles. The average Bonchev–Trinajstić information content (AvgIpc) is 3.55. The van der Waals surface area contributed by atoms with Gasteiger partial charge < -0.3 is 24.4 Å². The van der Waals surface area contributed by atoms with Crippen LogP contribution in [0.1, 0.15) is 33.1 Å². The molecular weight excluding hydrogens is 472 g/mol. The van der Waals surface area contributed by atoms with Crippen molar-refractivity contribution in [2.45, 2.75) is 56.9 Å². The molecule has 3 saturated heterocycles. The maximum absolute atomic E-state index is 14.5. The van der Waals surface area contributed by atoms with Gasteiger partial charge in [0.05, 0.1) is 37.2 Å². The minimum Gasteiger partial charge on any atom is -0.466 e. The maximum Gasteiger partial charge on any atom is 0.312 e. The van der Waals surface area contributed by atoms with Gasteiger partial charge in [0.15, 0.2) is 0 Å². The van der Waals surface area contributed by atoms with E-state index in [4.69, 9.17) is 9.47 Å². The van der Waals surface area contributed by atoms with Crippen LogP contribution in [0.4, 0.5) is 5.69 Å². The molecule has 0 radical (unpaired) electrons. The minimum atomic E-state index is -1.14. The van der Waals surface area contributed by atoms with Gasteiger partial charge in [0, 0.05) is 12.2 Å². The van der Waals surface area contributed by atoms with Crippen LogP contribution < -0.4 is 4.90 Å². The Morgan fingerprint density at radius 2 is 2.03 bits per heavy atom. The number of hydrogen-bond donors (Lipinski definition) is 1. The lowest BCUT2D eigenvalue weighted by Crippen LogP contribution is -2.59. The van der Waals surface area contributed by atoms with Crippen molar-refractivity contribution < 1.29 is 29.0 Å². The predicted octanol–water partition coefficient (Wildman–Crippen LogP) is 3.07. The largest absolute Gasteiger partial charge is 0.466 e. The van der Waals surface area contributed by atoms with E-state index < -0.39 is 41.6 Å². The molecule has 6 atom stereocenters. The molecule has 3 fully saturated rings. The zero-order chi connectivity index (χ0) is 26.3. The molecule has 0 aliphatic carbocycles. The summed E-state index contributed by atoms with van der Waals surface area (Å²) in [5, 5.41) is 12.2. The van der Waals surface area contributed by atoms with Crippen LogP contribution in [0.15, 0.2) is 55.1 Å². The van der Waals surface area contributed by atoms with Gasteiger partial charge >= 0.3 is 5.97 Å². The summed E-state index contributed by atoms with van der Waals surface area (Å²) in [6.45, 7) is 7.60. The Morgan fingerprint density at radius 3 is 2.70 bits per heavy atom. The summed E-state index contributed by atoms with van der Waals surface area (Å²) in [6.07, 6.45) is 2.70. The molecule has 0 saturated carbocycles. The number of benzene rings is 2. The topological polar surface area (TPSA) is 96.4 Å². The van der Waals surface area contributed by atoms with E-state index in [1.807, 2.05) is 49.4 Å². The van der Waals surface area contributed by atoms with Crippen molar-refractivity contribution in [3.05, 3.63) is 55.1 Å². The van der Waals surface area contributed by atoms with E-state index in [-0.39, 0.29) is 31.6 Å². The van der Waals surface area contributed by atoms with Crippen LogP contribution in [0.2, 0.25) is 0 Å². The normalized spacial score (nSPS) is 28.8. The number of anilines is 1. The first kappa shape index (κ1) is 25.4. The Balaban J connectivity index is 1.60. The van der Waals surface area contributed by atoms with E-state index >= 15 is 0 Å². The molecule has 3 aliphatic rings. The van der Waals surface area contributed by atoms with Crippen LogP contribution in [0, 0.1) is 11.8 Å². The number of amides is 2. The van der Waals surface area contributed by atoms with Crippen LogP contribution in [0.25, 0.3) is 10.8 Å². The number of rotatable bonds is 9. The summed E-state index contributed by atoms with van der Waals surface area (Å²) in [7, 11) is 0. The quantitative estimate of drug-likeness (QED) is 0.415. The highest BCUT2D eigenvalue weighted by Crippen LogP contribution is 2.59. The summed E-state index contributed by atoms with van der Waals surface area (Å²) >= 11 is 0. The van der Waals surface area contributed by atoms with Gasteiger partial charge in [0.25, 0.3) is 5.91 Å². The third kappa shape index (κ3) is 3.85. The lowest BCUT2D eigenvalue weighted by atomic mass is 9.70. The molecule has 2 aromatic rings. The standard InChI is InChI=1S/C29H34N2O6/c1-4-15-30(21-12-11-18-9-7-8-10-19(18)16-21)27(34)25-29-14-13-22(37-29)23(28(35)36-6-3)24(29)26(33)31(25)20(5-2)17-32/h4,7-12,16,20,22-25,32H,1,5-6,13-15,17H2,2-3H3/t20-,22-,23+,24+,25-,29+/m0/s1. The Labute approximate surface area is 216 Å². The summed E-state index contributed by atoms with van der Waals surface area (Å²) in [4.78, 5) is 44.6. The van der Waals surface area contributed by atoms with Crippen molar-refractivity contribution in [1.29, 1.82) is 0 Å². The number of hydrogen-bond acceptors (Lipinski definition) is 6. The number of aliphatic hydroxyl groups is 1. The number of carbonyl (C=O) groups is 3. The number of fused-ring (bicyclic) bond motifs is 2. The summed E-state index contributed by atoms with van der Waals surface area (Å²) < 4.78 is 11.8. The van der Waals surface area contributed by atoms with Crippen LogP contribution in [0.5, 0.6) is 0 Å². The molecule has 8 nitrogen and oxygen atoms in total. The highest BCUT2D eigenvalue weighted by atomic mass is 16.6. The van der Waals surface area contributed by atoms with Gasteiger partial charge in [-0.15, -0.1) is 6.58 Å². The molecular formula is C29H34N2O6. The molecule has 196 valence electrons. The van der Waals surface area contributed by atoms with E-state index in [1.54, 1.807) is 17.9 Å². The summed E-state index contributed by atoms with van der Waals surface area (Å²) in [5.74, 6) is -2.66. The fraction of sp³-hybridized carbons (Fsp3) is 0.483. The third-order valence-electron chi connectivity index (χ3n) is 8.23. The van der Waals surface area contributed by atoms with Crippen molar-refractivity contribution in [3.8, 4) is 0 Å². The van der Waals surface area contributed by atoms with Crippen LogP contribution in [-0.2, 0) is 23.9 Å². The first-order chi connectivity index (χ1) is 17.9. The first-order valence-electron chi connectivity index (χ1n) is 13.1. The van der Waals surface area contributed by atoms with Gasteiger partial charge in [-0.25, -0.2) is 0 Å². The van der Waals surface area contributed by atoms with Crippen LogP contribution >= 0.6 is 0 Å². The van der Waals surface area contributed by atoms with E-state index in [0.717, 1.165) is 10.8 Å². The molecule has 2 aromatic carbocycles. The Bertz CT molecular complexity index is 1230. The fourth-order valence-corrected chi connectivity index (χ4v) is 6.63. The second-order valence-electron chi connectivity index (χ2n) is 10.1. The zero-order valence-corrected chi connectivity index (χ0v) is 21.3. The van der Waals surface area contributed by atoms with Gasteiger partial charge in [-0.3, -0.25) is 14.4 Å². The molecule has 8 heteroatoms. The SMILES string of the molecule is C=CCN(C(=O)[C@@H]1N([C@@H](CC)CO)C(=O)[C@H]2[C@H](C(=O)OCC)[C@@H]3CC[C@]12O3)c1ccc2ccccc2c1. The van der Waals surface area contributed by atoms with Gasteiger partial charge in [0.2, 0.25) is 5.91 Å². The molecule has 2 amide bonds. The van der Waals surface area contributed by atoms with Crippen LogP contribution in [0.3, 0.4) is 0 Å². The number of likely N-dealkylation sites (tertiary alicyclic amines) is 1. The third-order valence-corrected chi connectivity index (χ3v) is 8.23. The molecule has 3 heterocycles. The Hall–Kier alpha value is -3.23. The molecule has 1 N–H and O–H groups in total. The second kappa shape index (κ2) is 9.91. The second-order valence-corrected chi connectivity index (χ2v) is 10.1. The number of nitrogens with zero attached hydrogens (tertiary/aromatic N) is 2. The summed E-state index contributed by atoms with van der Waals surface area (Å²) in [5.41, 5.74) is -0.461. The van der Waals surface area contributed by atoms with Crippen molar-refractivity contribution in [2.24, 2.45) is 11.8 Å². The molecule has 2 bridgehead atoms. The van der Waals surface area contributed by atoms with E-state index in [1.165, 1.54) is 4.90 Å².